The molecule has 0 saturated carbocycles. The summed E-state index contributed by atoms with van der Waals surface area (Å²) in [7, 11) is 0. The number of nitrogens with zero attached hydrogens (tertiary/aromatic N) is 3. The van der Waals surface area contributed by atoms with Crippen LogP contribution in [0.1, 0.15) is 0 Å². The number of rotatable bonds is 2. The number of halogens is 1. The predicted octanol–water partition coefficient (Wildman–Crippen LogP) is 1.04. The number of hydrogen-bond donors (Lipinski definition) is 0. The van der Waals surface area contributed by atoms with Crippen molar-refractivity contribution in [3.05, 3.63) is 17.9 Å². The molecule has 1 aliphatic rings. The van der Waals surface area contributed by atoms with E-state index in [9.17, 15) is 14.0 Å². The molecule has 90 valence electrons. The topological polar surface area (TPSA) is 82.8 Å². The zero-order valence-corrected chi connectivity index (χ0v) is 9.01. The first-order valence-corrected chi connectivity index (χ1v) is 4.89. The molecule has 18 heavy (non-hydrogen) atoms. The molecule has 0 spiro atoms. The number of nitriles is 1. The largest absolute Gasteiger partial charge is 0.481 e. The molecule has 0 bridgehead atoms. The molecule has 0 N–H and O–H groups in total. The fourth-order valence-electron chi connectivity index (χ4n) is 1.59. The fourth-order valence-corrected chi connectivity index (χ4v) is 1.59. The third-order valence-corrected chi connectivity index (χ3v) is 2.37. The second kappa shape index (κ2) is 4.65. The molecule has 1 aromatic rings. The van der Waals surface area contributed by atoms with Crippen molar-refractivity contribution >= 4 is 23.4 Å². The molecule has 2 rings (SSSR count). The Labute approximate surface area is 101 Å². The van der Waals surface area contributed by atoms with Crippen LogP contribution in [0.2, 0.25) is 0 Å². The number of anilines is 1. The first-order valence-electron chi connectivity index (χ1n) is 4.89. The second-order valence-electron chi connectivity index (χ2n) is 3.40. The number of isocyanates is 1. The average Bonchev–Trinajstić information content (AvgIpc) is 2.35. The van der Waals surface area contributed by atoms with Crippen molar-refractivity contribution in [3.8, 4) is 11.8 Å². The molecule has 0 aliphatic carbocycles. The Hall–Kier alpha value is -2.71. The van der Waals surface area contributed by atoms with Crippen LogP contribution >= 0.6 is 0 Å². The van der Waals surface area contributed by atoms with E-state index >= 15 is 0 Å². The lowest BCUT2D eigenvalue weighted by Crippen LogP contribution is -2.39. The maximum atomic E-state index is 13.5. The van der Waals surface area contributed by atoms with Gasteiger partial charge in [0.05, 0.1) is 11.8 Å². The van der Waals surface area contributed by atoms with E-state index in [1.807, 2.05) is 6.07 Å². The minimum Gasteiger partial charge on any atom is -0.481 e. The summed E-state index contributed by atoms with van der Waals surface area (Å²) in [6.07, 6.45) is 1.22. The van der Waals surface area contributed by atoms with E-state index in [1.54, 1.807) is 0 Å². The molecule has 0 saturated heterocycles. The predicted molar refractivity (Wildman–Crippen MR) is 57.6 cm³/mol. The highest BCUT2D eigenvalue weighted by Gasteiger charge is 2.27. The number of carbonyl (C=O) groups excluding carboxylic acids is 2. The van der Waals surface area contributed by atoms with Gasteiger partial charge in [-0.3, -0.25) is 9.69 Å². The summed E-state index contributed by atoms with van der Waals surface area (Å²) in [5.41, 5.74) is -0.0480. The highest BCUT2D eigenvalue weighted by molar-refractivity contribution is 5.98. The fraction of sp³-hybridized carbons (Fsp3) is 0.182. The lowest BCUT2D eigenvalue weighted by molar-refractivity contribution is -0.121. The molecule has 6 nitrogen and oxygen atoms in total. The van der Waals surface area contributed by atoms with E-state index in [4.69, 9.17) is 10.00 Å². The summed E-state index contributed by atoms with van der Waals surface area (Å²) >= 11 is 0. The summed E-state index contributed by atoms with van der Waals surface area (Å²) in [6, 6.07) is 4.01. The Bertz CT molecular complexity index is 602. The zero-order chi connectivity index (χ0) is 13.1. The molecule has 0 fully saturated rings. The third-order valence-electron chi connectivity index (χ3n) is 2.37. The number of fused-ring (bicyclic) bond motifs is 1. The number of hydrogen-bond acceptors (Lipinski definition) is 5. The van der Waals surface area contributed by atoms with Gasteiger partial charge in [-0.2, -0.15) is 10.3 Å². The lowest BCUT2D eigenvalue weighted by Gasteiger charge is -2.27. The van der Waals surface area contributed by atoms with E-state index < -0.39 is 11.7 Å². The summed E-state index contributed by atoms with van der Waals surface area (Å²) in [6.45, 7) is -0.449. The van der Waals surface area contributed by atoms with Gasteiger partial charge >= 0.3 is 0 Å². The van der Waals surface area contributed by atoms with Crippen LogP contribution in [0.4, 0.5) is 15.8 Å². The van der Waals surface area contributed by atoms with Crippen LogP contribution in [0, 0.1) is 17.1 Å². The van der Waals surface area contributed by atoms with E-state index in [1.165, 1.54) is 12.1 Å². The van der Waals surface area contributed by atoms with E-state index in [-0.39, 0.29) is 30.3 Å². The molecule has 1 aliphatic heterocycles. The van der Waals surface area contributed by atoms with Crippen molar-refractivity contribution < 1.29 is 18.7 Å². The van der Waals surface area contributed by atoms with E-state index in [2.05, 4.69) is 4.99 Å². The molecule has 0 radical (unpaired) electrons. The van der Waals surface area contributed by atoms with Crippen LogP contribution in [0.25, 0.3) is 0 Å². The Morgan fingerprint density at radius 2 is 2.33 bits per heavy atom. The Balaban J connectivity index is 2.56. The first-order chi connectivity index (χ1) is 8.67. The van der Waals surface area contributed by atoms with Crippen LogP contribution in [-0.4, -0.2) is 25.1 Å². The highest BCUT2D eigenvalue weighted by atomic mass is 19.1. The number of carbonyl (C=O) groups is 1. The Morgan fingerprint density at radius 1 is 1.56 bits per heavy atom. The van der Waals surface area contributed by atoms with Gasteiger partial charge in [0.25, 0.3) is 5.91 Å². The van der Waals surface area contributed by atoms with E-state index in [0.717, 1.165) is 11.0 Å². The molecular formula is C11H6FN3O3. The van der Waals surface area contributed by atoms with Gasteiger partial charge in [0.15, 0.2) is 12.4 Å². The first kappa shape index (κ1) is 11.8. The number of aliphatic imine (C=N–C) groups is 1. The standard InChI is InChI=1S/C11H6FN3O3/c12-7-3-10-9(4-8(7)14-6-16)15(2-1-13)11(17)5-18-10/h3-4H,2,5H2. The maximum absolute atomic E-state index is 13.5. The summed E-state index contributed by atoms with van der Waals surface area (Å²) in [5.74, 6) is -1.05. The third kappa shape index (κ3) is 1.93. The summed E-state index contributed by atoms with van der Waals surface area (Å²) < 4.78 is 18.5. The van der Waals surface area contributed by atoms with Crippen LogP contribution in [-0.2, 0) is 9.59 Å². The smallest absolute Gasteiger partial charge is 0.265 e. The van der Waals surface area contributed by atoms with Crippen molar-refractivity contribution in [1.29, 1.82) is 5.26 Å². The van der Waals surface area contributed by atoms with Crippen LogP contribution in [0.15, 0.2) is 17.1 Å². The highest BCUT2D eigenvalue weighted by Crippen LogP contribution is 2.37. The molecular weight excluding hydrogens is 241 g/mol. The van der Waals surface area contributed by atoms with Crippen molar-refractivity contribution in [2.75, 3.05) is 18.1 Å². The van der Waals surface area contributed by atoms with Gasteiger partial charge in [0, 0.05) is 6.07 Å². The normalized spacial score (nSPS) is 13.1. The second-order valence-corrected chi connectivity index (χ2v) is 3.40. The maximum Gasteiger partial charge on any atom is 0.265 e. The molecule has 1 amide bonds. The van der Waals surface area contributed by atoms with Gasteiger partial charge in [-0.05, 0) is 6.07 Å². The monoisotopic (exact) mass is 247 g/mol. The van der Waals surface area contributed by atoms with Crippen molar-refractivity contribution in [2.45, 2.75) is 0 Å². The molecule has 1 aromatic carbocycles. The van der Waals surface area contributed by atoms with Crippen LogP contribution in [0.3, 0.4) is 0 Å². The van der Waals surface area contributed by atoms with Crippen molar-refractivity contribution in [3.63, 3.8) is 0 Å². The summed E-state index contributed by atoms with van der Waals surface area (Å²) in [5, 5.41) is 8.64. The zero-order valence-electron chi connectivity index (χ0n) is 9.01. The number of ether oxygens (including phenoxy) is 1. The minimum atomic E-state index is -0.761. The molecule has 0 atom stereocenters. The average molecular weight is 247 g/mol. The van der Waals surface area contributed by atoms with Crippen LogP contribution in [0.5, 0.6) is 5.75 Å². The van der Waals surface area contributed by atoms with Gasteiger partial charge < -0.3 is 4.74 Å². The van der Waals surface area contributed by atoms with E-state index in [0.29, 0.717) is 0 Å². The van der Waals surface area contributed by atoms with Crippen molar-refractivity contribution in [1.82, 2.24) is 0 Å². The van der Waals surface area contributed by atoms with Gasteiger partial charge in [-0.25, -0.2) is 9.18 Å². The van der Waals surface area contributed by atoms with Gasteiger partial charge in [-0.1, -0.05) is 0 Å². The summed E-state index contributed by atoms with van der Waals surface area (Å²) in [4.78, 5) is 26.0. The van der Waals surface area contributed by atoms with Gasteiger partial charge in [0.2, 0.25) is 6.08 Å². The SMILES string of the molecule is N#CCN1C(=O)COc2cc(F)c(N=C=O)cc21. The lowest BCUT2D eigenvalue weighted by atomic mass is 10.2. The number of benzene rings is 1. The molecule has 0 aromatic heterocycles. The Morgan fingerprint density at radius 3 is 3.00 bits per heavy atom. The molecule has 0 unspecified atom stereocenters. The quantitative estimate of drug-likeness (QED) is 0.444. The van der Waals surface area contributed by atoms with Crippen LogP contribution < -0.4 is 9.64 Å². The minimum absolute atomic E-state index is 0.132. The Kier molecular flexibility index (Phi) is 3.04. The molecule has 7 heteroatoms. The van der Waals surface area contributed by atoms with Gasteiger partial charge in [-0.15, -0.1) is 0 Å². The number of amides is 1. The van der Waals surface area contributed by atoms with Gasteiger partial charge in [0.1, 0.15) is 18.0 Å². The molecule has 1 heterocycles. The van der Waals surface area contributed by atoms with Crippen molar-refractivity contribution in [2.24, 2.45) is 4.99 Å².